The number of nitrogens with zero attached hydrogens (tertiary/aromatic N) is 1. The fraction of sp³-hybridized carbons (Fsp3) is 0.833. The first-order valence-electron chi connectivity index (χ1n) is 6.32. The minimum Gasteiger partial charge on any atom is -0.480 e. The number of aliphatic carboxylic acids is 1. The SMILES string of the molecule is O=C(O)[C@@H]1C[C@H](C2CCCCC2)CN1C(=O)O. The Labute approximate surface area is 100 Å². The lowest BCUT2D eigenvalue weighted by Crippen LogP contribution is -2.39. The molecule has 0 spiro atoms. The van der Waals surface area contributed by atoms with Gasteiger partial charge in [0, 0.05) is 6.54 Å². The Balaban J connectivity index is 2.02. The molecule has 2 atom stereocenters. The molecule has 0 unspecified atom stereocenters. The van der Waals surface area contributed by atoms with Crippen LogP contribution >= 0.6 is 0 Å². The molecular weight excluding hydrogens is 222 g/mol. The van der Waals surface area contributed by atoms with Gasteiger partial charge in [0.2, 0.25) is 0 Å². The summed E-state index contributed by atoms with van der Waals surface area (Å²) in [5.41, 5.74) is 0. The molecule has 17 heavy (non-hydrogen) atoms. The Bertz CT molecular complexity index is 290. The highest BCUT2D eigenvalue weighted by Gasteiger charge is 2.42. The molecule has 0 aromatic carbocycles. The second-order valence-electron chi connectivity index (χ2n) is 5.18. The zero-order valence-corrected chi connectivity index (χ0v) is 9.84. The van der Waals surface area contributed by atoms with Crippen LogP contribution in [-0.2, 0) is 4.79 Å². The van der Waals surface area contributed by atoms with Crippen LogP contribution in [0, 0.1) is 11.8 Å². The van der Waals surface area contributed by atoms with Gasteiger partial charge in [0.1, 0.15) is 6.04 Å². The summed E-state index contributed by atoms with van der Waals surface area (Å²) in [7, 11) is 0. The van der Waals surface area contributed by atoms with Gasteiger partial charge in [0.25, 0.3) is 0 Å². The molecule has 0 aromatic rings. The highest BCUT2D eigenvalue weighted by atomic mass is 16.4. The van der Waals surface area contributed by atoms with Crippen molar-refractivity contribution in [3.63, 3.8) is 0 Å². The van der Waals surface area contributed by atoms with Crippen LogP contribution in [0.2, 0.25) is 0 Å². The molecule has 1 amide bonds. The first kappa shape index (κ1) is 12.2. The standard InChI is InChI=1S/C12H19NO4/c14-11(15)10-6-9(7-13(10)12(16)17)8-4-2-1-3-5-8/h8-10H,1-7H2,(H,14,15)(H,16,17)/t9-,10-/m0/s1. The molecule has 2 N–H and O–H groups in total. The minimum atomic E-state index is -1.10. The van der Waals surface area contributed by atoms with Gasteiger partial charge in [0.05, 0.1) is 0 Å². The van der Waals surface area contributed by atoms with E-state index in [1.807, 2.05) is 0 Å². The second kappa shape index (κ2) is 4.94. The van der Waals surface area contributed by atoms with Crippen molar-refractivity contribution in [2.75, 3.05) is 6.54 Å². The van der Waals surface area contributed by atoms with Gasteiger partial charge in [-0.05, 0) is 18.3 Å². The molecule has 1 heterocycles. The van der Waals surface area contributed by atoms with Crippen LogP contribution in [0.15, 0.2) is 0 Å². The third kappa shape index (κ3) is 2.53. The molecule has 2 fully saturated rings. The van der Waals surface area contributed by atoms with E-state index in [0.29, 0.717) is 18.9 Å². The summed E-state index contributed by atoms with van der Waals surface area (Å²) in [5.74, 6) is -0.242. The molecule has 1 saturated carbocycles. The number of carbonyl (C=O) groups is 2. The van der Waals surface area contributed by atoms with Gasteiger partial charge in [-0.1, -0.05) is 32.1 Å². The molecule has 0 bridgehead atoms. The van der Waals surface area contributed by atoms with Gasteiger partial charge in [-0.25, -0.2) is 9.59 Å². The highest BCUT2D eigenvalue weighted by Crippen LogP contribution is 2.37. The van der Waals surface area contributed by atoms with Crippen LogP contribution in [0.5, 0.6) is 0 Å². The number of rotatable bonds is 2. The Morgan fingerprint density at radius 3 is 2.12 bits per heavy atom. The third-order valence-electron chi connectivity index (χ3n) is 4.18. The van der Waals surface area contributed by atoms with Crippen LogP contribution in [0.4, 0.5) is 4.79 Å². The van der Waals surface area contributed by atoms with E-state index >= 15 is 0 Å². The minimum absolute atomic E-state index is 0.243. The zero-order chi connectivity index (χ0) is 12.4. The largest absolute Gasteiger partial charge is 0.480 e. The predicted molar refractivity (Wildman–Crippen MR) is 60.8 cm³/mol. The predicted octanol–water partition coefficient (Wildman–Crippen LogP) is 2.02. The molecule has 5 heteroatoms. The number of carboxylic acid groups (broad SMARTS) is 2. The summed E-state index contributed by atoms with van der Waals surface area (Å²) in [6, 6.07) is -0.834. The molecule has 1 aliphatic carbocycles. The van der Waals surface area contributed by atoms with Gasteiger partial charge in [-0.15, -0.1) is 0 Å². The first-order chi connectivity index (χ1) is 8.09. The lowest BCUT2D eigenvalue weighted by molar-refractivity contribution is -0.141. The number of hydrogen-bond donors (Lipinski definition) is 2. The summed E-state index contributed by atoms with van der Waals surface area (Å²) < 4.78 is 0. The topological polar surface area (TPSA) is 77.8 Å². The van der Waals surface area contributed by atoms with E-state index in [-0.39, 0.29) is 5.92 Å². The quantitative estimate of drug-likeness (QED) is 0.775. The van der Waals surface area contributed by atoms with Gasteiger partial charge in [0.15, 0.2) is 0 Å². The fourth-order valence-electron chi connectivity index (χ4n) is 3.26. The van der Waals surface area contributed by atoms with Crippen molar-refractivity contribution in [3.8, 4) is 0 Å². The average molecular weight is 241 g/mol. The van der Waals surface area contributed by atoms with Crippen molar-refractivity contribution >= 4 is 12.1 Å². The Hall–Kier alpha value is -1.26. The Morgan fingerprint density at radius 1 is 1.00 bits per heavy atom. The lowest BCUT2D eigenvalue weighted by Gasteiger charge is -2.26. The number of amides is 1. The van der Waals surface area contributed by atoms with Gasteiger partial charge < -0.3 is 10.2 Å². The highest BCUT2D eigenvalue weighted by molar-refractivity contribution is 5.80. The molecule has 96 valence electrons. The van der Waals surface area contributed by atoms with Crippen molar-refractivity contribution in [3.05, 3.63) is 0 Å². The van der Waals surface area contributed by atoms with Crippen LogP contribution in [0.1, 0.15) is 38.5 Å². The van der Waals surface area contributed by atoms with Crippen molar-refractivity contribution in [2.24, 2.45) is 11.8 Å². The van der Waals surface area contributed by atoms with Crippen molar-refractivity contribution in [2.45, 2.75) is 44.6 Å². The Morgan fingerprint density at radius 2 is 1.65 bits per heavy atom. The fourth-order valence-corrected chi connectivity index (χ4v) is 3.26. The average Bonchev–Trinajstić information content (AvgIpc) is 2.75. The van der Waals surface area contributed by atoms with Crippen LogP contribution in [0.25, 0.3) is 0 Å². The molecule has 0 radical (unpaired) electrons. The third-order valence-corrected chi connectivity index (χ3v) is 4.18. The summed E-state index contributed by atoms with van der Waals surface area (Å²) in [4.78, 5) is 23.1. The van der Waals surface area contributed by atoms with Crippen molar-refractivity contribution in [1.82, 2.24) is 4.90 Å². The normalized spacial score (nSPS) is 30.5. The maximum atomic E-state index is 11.0. The van der Waals surface area contributed by atoms with E-state index in [1.54, 1.807) is 0 Å². The van der Waals surface area contributed by atoms with E-state index in [4.69, 9.17) is 10.2 Å². The lowest BCUT2D eigenvalue weighted by atomic mass is 9.79. The van der Waals surface area contributed by atoms with Crippen LogP contribution < -0.4 is 0 Å². The molecular formula is C12H19NO4. The summed E-state index contributed by atoms with van der Waals surface area (Å²) in [5, 5.41) is 18.1. The van der Waals surface area contributed by atoms with Gasteiger partial charge >= 0.3 is 12.1 Å². The van der Waals surface area contributed by atoms with Gasteiger partial charge in [-0.2, -0.15) is 0 Å². The monoisotopic (exact) mass is 241 g/mol. The molecule has 2 aliphatic rings. The summed E-state index contributed by atoms with van der Waals surface area (Å²) in [6.07, 6.45) is 5.31. The molecule has 1 saturated heterocycles. The van der Waals surface area contributed by atoms with Crippen molar-refractivity contribution < 1.29 is 19.8 Å². The molecule has 0 aromatic heterocycles. The first-order valence-corrected chi connectivity index (χ1v) is 6.32. The zero-order valence-electron chi connectivity index (χ0n) is 9.84. The van der Waals surface area contributed by atoms with E-state index in [0.717, 1.165) is 17.7 Å². The smallest absolute Gasteiger partial charge is 0.408 e. The van der Waals surface area contributed by atoms with E-state index < -0.39 is 18.1 Å². The number of likely N-dealkylation sites (tertiary alicyclic amines) is 1. The number of carboxylic acids is 1. The maximum absolute atomic E-state index is 11.0. The van der Waals surface area contributed by atoms with E-state index in [9.17, 15) is 9.59 Å². The van der Waals surface area contributed by atoms with Gasteiger partial charge in [-0.3, -0.25) is 4.90 Å². The van der Waals surface area contributed by atoms with Crippen LogP contribution in [0.3, 0.4) is 0 Å². The van der Waals surface area contributed by atoms with E-state index in [1.165, 1.54) is 19.3 Å². The molecule has 5 nitrogen and oxygen atoms in total. The van der Waals surface area contributed by atoms with E-state index in [2.05, 4.69) is 0 Å². The summed E-state index contributed by atoms with van der Waals surface area (Å²) >= 11 is 0. The molecule has 2 rings (SSSR count). The van der Waals surface area contributed by atoms with Crippen LogP contribution in [-0.4, -0.2) is 39.8 Å². The molecule has 1 aliphatic heterocycles. The summed E-state index contributed by atoms with van der Waals surface area (Å²) in [6.45, 7) is 0.400. The van der Waals surface area contributed by atoms with Crippen molar-refractivity contribution in [1.29, 1.82) is 0 Å². The maximum Gasteiger partial charge on any atom is 0.408 e. The second-order valence-corrected chi connectivity index (χ2v) is 5.18. The number of hydrogen-bond acceptors (Lipinski definition) is 2. The Kier molecular flexibility index (Phi) is 3.54.